The van der Waals surface area contributed by atoms with Crippen LogP contribution >= 0.6 is 0 Å². The zero-order chi connectivity index (χ0) is 14.0. The van der Waals surface area contributed by atoms with Gasteiger partial charge in [-0.3, -0.25) is 5.32 Å². The maximum atomic E-state index is 11.6. The molecule has 0 fully saturated rings. The third-order valence-electron chi connectivity index (χ3n) is 2.34. The molecule has 100 valence electrons. The summed E-state index contributed by atoms with van der Waals surface area (Å²) < 4.78 is 10.4. The Morgan fingerprint density at radius 1 is 1.42 bits per heavy atom. The summed E-state index contributed by atoms with van der Waals surface area (Å²) in [6.45, 7) is 5.41. The molecule has 0 aliphatic carbocycles. The molecule has 0 radical (unpaired) electrons. The van der Waals surface area contributed by atoms with Crippen molar-refractivity contribution in [2.24, 2.45) is 0 Å². The van der Waals surface area contributed by atoms with Crippen LogP contribution in [0.25, 0.3) is 6.08 Å². The summed E-state index contributed by atoms with van der Waals surface area (Å²) in [4.78, 5) is 11.6. The molecular weight excluding hydrogens is 245 g/mol. The molecule has 6 heteroatoms. The summed E-state index contributed by atoms with van der Waals surface area (Å²) in [7, 11) is -0.919. The molecule has 1 heterocycles. The van der Waals surface area contributed by atoms with Crippen LogP contribution < -0.4 is 9.97 Å². The van der Waals surface area contributed by atoms with E-state index in [-0.39, 0.29) is 0 Å². The fraction of sp³-hybridized carbons (Fsp3) is 0.308. The van der Waals surface area contributed by atoms with Crippen LogP contribution in [-0.4, -0.2) is 23.8 Å². The lowest BCUT2D eigenvalue weighted by Crippen LogP contribution is -2.27. The highest BCUT2D eigenvalue weighted by Crippen LogP contribution is 2.27. The van der Waals surface area contributed by atoms with Crippen molar-refractivity contribution in [2.75, 3.05) is 5.32 Å². The monoisotopic (exact) mass is 261 g/mol. The SMILES string of the molecule is CC(C)(C)OC(=O)Nc1ccc2c(c1)C=CB(O)O2. The van der Waals surface area contributed by atoms with Gasteiger partial charge in [0.1, 0.15) is 11.4 Å². The number of carbonyl (C=O) groups is 1. The van der Waals surface area contributed by atoms with Gasteiger partial charge in [0.05, 0.1) is 0 Å². The van der Waals surface area contributed by atoms with Crippen LogP contribution in [0.3, 0.4) is 0 Å². The minimum Gasteiger partial charge on any atom is -0.532 e. The van der Waals surface area contributed by atoms with Crippen molar-refractivity contribution >= 4 is 25.0 Å². The van der Waals surface area contributed by atoms with Gasteiger partial charge in [-0.05, 0) is 44.9 Å². The van der Waals surface area contributed by atoms with E-state index in [1.54, 1.807) is 45.0 Å². The molecule has 1 aromatic carbocycles. The normalized spacial score (nSPS) is 13.6. The molecule has 19 heavy (non-hydrogen) atoms. The molecule has 0 spiro atoms. The lowest BCUT2D eigenvalue weighted by atomic mass is 9.86. The summed E-state index contributed by atoms with van der Waals surface area (Å²) in [5.74, 6) is 2.10. The average Bonchev–Trinajstić information content (AvgIpc) is 2.26. The molecule has 2 N–H and O–H groups in total. The fourth-order valence-corrected chi connectivity index (χ4v) is 1.64. The third-order valence-corrected chi connectivity index (χ3v) is 2.34. The number of hydrogen-bond donors (Lipinski definition) is 2. The summed E-state index contributed by atoms with van der Waals surface area (Å²) in [5.41, 5.74) is 0.863. The Morgan fingerprint density at radius 3 is 2.84 bits per heavy atom. The van der Waals surface area contributed by atoms with E-state index in [9.17, 15) is 9.82 Å². The number of ether oxygens (including phenoxy) is 1. The van der Waals surface area contributed by atoms with Crippen molar-refractivity contribution in [2.45, 2.75) is 26.4 Å². The van der Waals surface area contributed by atoms with E-state index in [0.29, 0.717) is 11.4 Å². The molecule has 0 atom stereocenters. The van der Waals surface area contributed by atoms with E-state index in [2.05, 4.69) is 5.32 Å². The van der Waals surface area contributed by atoms with Gasteiger partial charge >= 0.3 is 13.2 Å². The number of nitrogens with one attached hydrogen (secondary N) is 1. The predicted molar refractivity (Wildman–Crippen MR) is 73.9 cm³/mol. The molecule has 1 amide bonds. The second kappa shape index (κ2) is 4.97. The van der Waals surface area contributed by atoms with Crippen molar-refractivity contribution in [1.29, 1.82) is 0 Å². The van der Waals surface area contributed by atoms with Crippen LogP contribution in [0.1, 0.15) is 26.3 Å². The molecule has 5 nitrogen and oxygen atoms in total. The average molecular weight is 261 g/mol. The Balaban J connectivity index is 2.08. The van der Waals surface area contributed by atoms with Gasteiger partial charge in [0.25, 0.3) is 0 Å². The Kier molecular flexibility index (Phi) is 3.53. The highest BCUT2D eigenvalue weighted by Gasteiger charge is 2.19. The largest absolute Gasteiger partial charge is 0.552 e. The topological polar surface area (TPSA) is 67.8 Å². The molecule has 1 aliphatic heterocycles. The van der Waals surface area contributed by atoms with Crippen molar-refractivity contribution < 1.29 is 19.2 Å². The van der Waals surface area contributed by atoms with E-state index in [4.69, 9.17) is 9.39 Å². The minimum atomic E-state index is -0.919. The number of benzene rings is 1. The number of fused-ring (bicyclic) bond motifs is 1. The molecule has 0 bridgehead atoms. The van der Waals surface area contributed by atoms with E-state index in [0.717, 1.165) is 5.56 Å². The Bertz CT molecular complexity index is 522. The first-order chi connectivity index (χ1) is 8.83. The van der Waals surface area contributed by atoms with Gasteiger partial charge in [-0.25, -0.2) is 4.79 Å². The fourth-order valence-electron chi connectivity index (χ4n) is 1.64. The number of rotatable bonds is 1. The zero-order valence-corrected chi connectivity index (χ0v) is 11.1. The smallest absolute Gasteiger partial charge is 0.532 e. The van der Waals surface area contributed by atoms with Gasteiger partial charge in [0.15, 0.2) is 0 Å². The number of hydrogen-bond acceptors (Lipinski definition) is 4. The van der Waals surface area contributed by atoms with Crippen molar-refractivity contribution in [3.63, 3.8) is 0 Å². The van der Waals surface area contributed by atoms with Gasteiger partial charge in [-0.15, -0.1) is 0 Å². The quantitative estimate of drug-likeness (QED) is 0.762. The van der Waals surface area contributed by atoms with Crippen LogP contribution in [-0.2, 0) is 4.74 Å². The lowest BCUT2D eigenvalue weighted by Gasteiger charge is -2.20. The highest BCUT2D eigenvalue weighted by atomic mass is 16.6. The third kappa shape index (κ3) is 3.76. The first-order valence-electron chi connectivity index (χ1n) is 6.00. The maximum absolute atomic E-state index is 11.6. The molecular formula is C13H16BNO4. The van der Waals surface area contributed by atoms with Crippen LogP contribution in [0, 0.1) is 0 Å². The van der Waals surface area contributed by atoms with Crippen molar-refractivity contribution in [3.05, 3.63) is 29.7 Å². The van der Waals surface area contributed by atoms with Gasteiger partial charge in [0.2, 0.25) is 0 Å². The van der Waals surface area contributed by atoms with Gasteiger partial charge < -0.3 is 14.4 Å². The van der Waals surface area contributed by atoms with Gasteiger partial charge in [-0.2, -0.15) is 0 Å². The number of amides is 1. The van der Waals surface area contributed by atoms with Crippen LogP contribution in [0.15, 0.2) is 24.2 Å². The van der Waals surface area contributed by atoms with E-state index in [1.807, 2.05) is 0 Å². The van der Waals surface area contributed by atoms with E-state index in [1.165, 1.54) is 5.98 Å². The lowest BCUT2D eigenvalue weighted by molar-refractivity contribution is 0.0636. The Hall–Kier alpha value is -1.95. The first kappa shape index (κ1) is 13.5. The second-order valence-corrected chi connectivity index (χ2v) is 5.25. The van der Waals surface area contributed by atoms with Crippen LogP contribution in [0.5, 0.6) is 5.75 Å². The molecule has 1 aromatic rings. The molecule has 0 aromatic heterocycles. The van der Waals surface area contributed by atoms with E-state index < -0.39 is 18.8 Å². The first-order valence-corrected chi connectivity index (χ1v) is 6.00. The number of anilines is 1. The number of carbonyl (C=O) groups excluding carboxylic acids is 1. The molecule has 0 unspecified atom stereocenters. The predicted octanol–water partition coefficient (Wildman–Crippen LogP) is 2.46. The summed E-state index contributed by atoms with van der Waals surface area (Å²) in [5, 5.41) is 11.9. The van der Waals surface area contributed by atoms with Gasteiger partial charge in [-0.1, -0.05) is 6.08 Å². The highest BCUT2D eigenvalue weighted by molar-refractivity contribution is 6.51. The van der Waals surface area contributed by atoms with E-state index >= 15 is 0 Å². The minimum absolute atomic E-state index is 0.506. The molecule has 0 saturated carbocycles. The molecule has 1 aliphatic rings. The Morgan fingerprint density at radius 2 is 2.16 bits per heavy atom. The summed E-state index contributed by atoms with van der Waals surface area (Å²) >= 11 is 0. The molecule has 2 rings (SSSR count). The standard InChI is InChI=1S/C13H16BNO4/c1-13(2,3)18-12(16)15-10-4-5-11-9(8-10)6-7-14(17)19-11/h4-8,17H,1-3H3,(H,15,16). The van der Waals surface area contributed by atoms with Crippen molar-refractivity contribution in [1.82, 2.24) is 0 Å². The zero-order valence-electron chi connectivity index (χ0n) is 11.1. The second-order valence-electron chi connectivity index (χ2n) is 5.25. The Labute approximate surface area is 112 Å². The van der Waals surface area contributed by atoms with Crippen molar-refractivity contribution in [3.8, 4) is 5.75 Å². The maximum Gasteiger partial charge on any atom is 0.552 e. The molecule has 0 saturated heterocycles. The summed E-state index contributed by atoms with van der Waals surface area (Å²) in [6, 6.07) is 5.13. The van der Waals surface area contributed by atoms with Crippen LogP contribution in [0.4, 0.5) is 10.5 Å². The van der Waals surface area contributed by atoms with Crippen LogP contribution in [0.2, 0.25) is 0 Å². The van der Waals surface area contributed by atoms with Gasteiger partial charge in [0, 0.05) is 11.3 Å². The summed E-state index contributed by atoms with van der Waals surface area (Å²) in [6.07, 6.45) is 1.23.